The number of Topliss-reactive ketones (excluding diaryl/α,β-unsaturated/α-hetero) is 1. The highest BCUT2D eigenvalue weighted by molar-refractivity contribution is 6.01. The van der Waals surface area contributed by atoms with Crippen LogP contribution in [-0.4, -0.2) is 5.78 Å². The maximum Gasteiger partial charge on any atom is 0.165 e. The summed E-state index contributed by atoms with van der Waals surface area (Å²) in [4.78, 5) is 12.7. The molecule has 1 aliphatic carbocycles. The normalized spacial score (nSPS) is 22.6. The van der Waals surface area contributed by atoms with Crippen LogP contribution in [0.2, 0.25) is 0 Å². The van der Waals surface area contributed by atoms with Crippen LogP contribution >= 0.6 is 0 Å². The van der Waals surface area contributed by atoms with Gasteiger partial charge in [-0.2, -0.15) is 0 Å². The summed E-state index contributed by atoms with van der Waals surface area (Å²) in [6.07, 6.45) is 4.55. The topological polar surface area (TPSA) is 17.1 Å². The zero-order chi connectivity index (χ0) is 14.8. The van der Waals surface area contributed by atoms with Gasteiger partial charge in [-0.15, -0.1) is 0 Å². The van der Waals surface area contributed by atoms with Crippen molar-refractivity contribution in [1.29, 1.82) is 0 Å². The molecule has 0 unspecified atom stereocenters. The fraction of sp³-hybridized carbons (Fsp3) is 0.450. The molecular formula is C20H24O. The van der Waals surface area contributed by atoms with Gasteiger partial charge < -0.3 is 0 Å². The number of carbonyl (C=O) groups excluding carboxylic acids is 1. The molecule has 0 atom stereocenters. The van der Waals surface area contributed by atoms with E-state index in [2.05, 4.69) is 38.1 Å². The molecule has 0 heterocycles. The molecule has 0 N–H and O–H groups in total. The van der Waals surface area contributed by atoms with Gasteiger partial charge in [-0.1, -0.05) is 50.2 Å². The zero-order valence-electron chi connectivity index (χ0n) is 13.0. The predicted octanol–water partition coefficient (Wildman–Crippen LogP) is 5.48. The summed E-state index contributed by atoms with van der Waals surface area (Å²) in [5.41, 5.74) is 0.890. The number of rotatable bonds is 3. The minimum Gasteiger partial charge on any atom is -0.294 e. The highest BCUT2D eigenvalue weighted by Gasteiger charge is 2.28. The Labute approximate surface area is 127 Å². The van der Waals surface area contributed by atoms with Crippen LogP contribution in [0, 0.1) is 17.8 Å². The molecule has 0 amide bonds. The lowest BCUT2D eigenvalue weighted by Crippen LogP contribution is -2.24. The summed E-state index contributed by atoms with van der Waals surface area (Å²) in [7, 11) is 0. The van der Waals surface area contributed by atoms with Crippen LogP contribution in [-0.2, 0) is 0 Å². The molecule has 0 radical (unpaired) electrons. The van der Waals surface area contributed by atoms with Crippen molar-refractivity contribution in [2.75, 3.05) is 0 Å². The highest BCUT2D eigenvalue weighted by Crippen LogP contribution is 2.35. The van der Waals surface area contributed by atoms with Crippen LogP contribution in [0.4, 0.5) is 0 Å². The van der Waals surface area contributed by atoms with Gasteiger partial charge in [0.2, 0.25) is 0 Å². The van der Waals surface area contributed by atoms with Crippen LogP contribution in [0.5, 0.6) is 0 Å². The van der Waals surface area contributed by atoms with Crippen molar-refractivity contribution < 1.29 is 4.79 Å². The number of benzene rings is 2. The summed E-state index contributed by atoms with van der Waals surface area (Å²) >= 11 is 0. The molecule has 1 nitrogen and oxygen atoms in total. The first kappa shape index (κ1) is 14.3. The molecule has 1 heteroatoms. The van der Waals surface area contributed by atoms with Crippen LogP contribution in [0.15, 0.2) is 42.5 Å². The second-order valence-corrected chi connectivity index (χ2v) is 6.78. The molecule has 2 aromatic rings. The minimum atomic E-state index is 0.237. The number of carbonyl (C=O) groups is 1. The van der Waals surface area contributed by atoms with Crippen molar-refractivity contribution in [3.63, 3.8) is 0 Å². The molecule has 0 spiro atoms. The SMILES string of the molecule is CC(C)C1CCC(C(=O)c2ccc3ccccc3c2)CC1. The van der Waals surface area contributed by atoms with E-state index in [1.807, 2.05) is 18.2 Å². The van der Waals surface area contributed by atoms with Crippen molar-refractivity contribution in [3.8, 4) is 0 Å². The summed E-state index contributed by atoms with van der Waals surface area (Å²) in [6.45, 7) is 4.60. The summed E-state index contributed by atoms with van der Waals surface area (Å²) < 4.78 is 0. The fourth-order valence-electron chi connectivity index (χ4n) is 3.63. The molecule has 110 valence electrons. The fourth-order valence-corrected chi connectivity index (χ4v) is 3.63. The number of hydrogen-bond donors (Lipinski definition) is 0. The monoisotopic (exact) mass is 280 g/mol. The Hall–Kier alpha value is -1.63. The van der Waals surface area contributed by atoms with Crippen molar-refractivity contribution in [2.24, 2.45) is 17.8 Å². The van der Waals surface area contributed by atoms with Crippen molar-refractivity contribution in [3.05, 3.63) is 48.0 Å². The van der Waals surface area contributed by atoms with E-state index in [0.29, 0.717) is 5.78 Å². The van der Waals surface area contributed by atoms with Gasteiger partial charge in [0.15, 0.2) is 5.78 Å². The minimum absolute atomic E-state index is 0.237. The molecular weight excluding hydrogens is 256 g/mol. The Morgan fingerprint density at radius 2 is 1.62 bits per heavy atom. The average Bonchev–Trinajstić information content (AvgIpc) is 2.54. The van der Waals surface area contributed by atoms with Gasteiger partial charge in [0, 0.05) is 11.5 Å². The van der Waals surface area contributed by atoms with Crippen molar-refractivity contribution in [2.45, 2.75) is 39.5 Å². The highest BCUT2D eigenvalue weighted by atomic mass is 16.1. The Balaban J connectivity index is 1.75. The smallest absolute Gasteiger partial charge is 0.165 e. The second kappa shape index (κ2) is 6.01. The lowest BCUT2D eigenvalue weighted by Gasteiger charge is -2.30. The van der Waals surface area contributed by atoms with E-state index in [1.54, 1.807) is 0 Å². The van der Waals surface area contributed by atoms with Crippen LogP contribution in [0.1, 0.15) is 49.9 Å². The van der Waals surface area contributed by atoms with Gasteiger partial charge in [-0.3, -0.25) is 4.79 Å². The maximum absolute atomic E-state index is 12.7. The zero-order valence-corrected chi connectivity index (χ0v) is 13.0. The Morgan fingerprint density at radius 1 is 0.952 bits per heavy atom. The summed E-state index contributed by atoms with van der Waals surface area (Å²) in [5.74, 6) is 2.15. The average molecular weight is 280 g/mol. The van der Waals surface area contributed by atoms with Gasteiger partial charge >= 0.3 is 0 Å². The molecule has 0 aliphatic heterocycles. The van der Waals surface area contributed by atoms with Gasteiger partial charge in [0.25, 0.3) is 0 Å². The second-order valence-electron chi connectivity index (χ2n) is 6.78. The van der Waals surface area contributed by atoms with E-state index >= 15 is 0 Å². The summed E-state index contributed by atoms with van der Waals surface area (Å²) in [6, 6.07) is 14.4. The lowest BCUT2D eigenvalue weighted by atomic mass is 9.74. The first-order chi connectivity index (χ1) is 10.1. The molecule has 1 aliphatic rings. The molecule has 3 rings (SSSR count). The van der Waals surface area contributed by atoms with E-state index in [4.69, 9.17) is 0 Å². The lowest BCUT2D eigenvalue weighted by molar-refractivity contribution is 0.0859. The largest absolute Gasteiger partial charge is 0.294 e. The quantitative estimate of drug-likeness (QED) is 0.680. The van der Waals surface area contributed by atoms with E-state index in [-0.39, 0.29) is 5.92 Å². The summed E-state index contributed by atoms with van der Waals surface area (Å²) in [5, 5.41) is 2.37. The van der Waals surface area contributed by atoms with Crippen LogP contribution in [0.25, 0.3) is 10.8 Å². The standard InChI is InChI=1S/C20H24O/c1-14(2)15-7-10-17(11-8-15)20(21)19-12-9-16-5-3-4-6-18(16)13-19/h3-6,9,12-15,17H,7-8,10-11H2,1-2H3. The third kappa shape index (κ3) is 3.02. The first-order valence-electron chi connectivity index (χ1n) is 8.18. The van der Waals surface area contributed by atoms with E-state index in [9.17, 15) is 4.79 Å². The number of hydrogen-bond acceptors (Lipinski definition) is 1. The molecule has 2 aromatic carbocycles. The first-order valence-corrected chi connectivity index (χ1v) is 8.18. The van der Waals surface area contributed by atoms with E-state index in [1.165, 1.54) is 23.6 Å². The molecule has 0 aromatic heterocycles. The molecule has 1 saturated carbocycles. The van der Waals surface area contributed by atoms with Crippen molar-refractivity contribution in [1.82, 2.24) is 0 Å². The van der Waals surface area contributed by atoms with E-state index < -0.39 is 0 Å². The van der Waals surface area contributed by atoms with Gasteiger partial charge in [0.1, 0.15) is 0 Å². The van der Waals surface area contributed by atoms with Gasteiger partial charge in [0.05, 0.1) is 0 Å². The molecule has 21 heavy (non-hydrogen) atoms. The maximum atomic E-state index is 12.7. The van der Waals surface area contributed by atoms with Crippen molar-refractivity contribution >= 4 is 16.6 Å². The Bertz CT molecular complexity index is 633. The van der Waals surface area contributed by atoms with Crippen LogP contribution in [0.3, 0.4) is 0 Å². The molecule has 0 saturated heterocycles. The third-order valence-electron chi connectivity index (χ3n) is 5.12. The van der Waals surface area contributed by atoms with Crippen LogP contribution < -0.4 is 0 Å². The van der Waals surface area contributed by atoms with Gasteiger partial charge in [-0.05, 0) is 54.4 Å². The number of fused-ring (bicyclic) bond motifs is 1. The molecule has 0 bridgehead atoms. The van der Waals surface area contributed by atoms with Gasteiger partial charge in [-0.25, -0.2) is 0 Å². The molecule has 1 fully saturated rings. The Kier molecular flexibility index (Phi) is 4.10. The van der Waals surface area contributed by atoms with E-state index in [0.717, 1.165) is 30.2 Å². The Morgan fingerprint density at radius 3 is 2.29 bits per heavy atom. The number of ketones is 1. The predicted molar refractivity (Wildman–Crippen MR) is 88.6 cm³/mol. The third-order valence-corrected chi connectivity index (χ3v) is 5.12.